The molecule has 76 valence electrons. The zero-order chi connectivity index (χ0) is 10.8. The lowest BCUT2D eigenvalue weighted by atomic mass is 10.2. The van der Waals surface area contributed by atoms with Crippen LogP contribution >= 0.6 is 11.8 Å². The summed E-state index contributed by atoms with van der Waals surface area (Å²) in [7, 11) is 0. The van der Waals surface area contributed by atoms with E-state index in [2.05, 4.69) is 0 Å². The molecule has 0 saturated carbocycles. The predicted octanol–water partition coefficient (Wildman–Crippen LogP) is 0.0123. The molecule has 14 heavy (non-hydrogen) atoms. The normalized spacial score (nSPS) is 17.2. The SMILES string of the molecule is CC(O)(O)CSC1=CC(=O)C=CC1=O. The van der Waals surface area contributed by atoms with Crippen molar-refractivity contribution in [3.8, 4) is 0 Å². The van der Waals surface area contributed by atoms with Gasteiger partial charge in [-0.3, -0.25) is 9.59 Å². The maximum Gasteiger partial charge on any atom is 0.192 e. The van der Waals surface area contributed by atoms with Gasteiger partial charge in [0, 0.05) is 6.08 Å². The van der Waals surface area contributed by atoms with Crippen molar-refractivity contribution in [2.45, 2.75) is 12.7 Å². The van der Waals surface area contributed by atoms with Crippen molar-refractivity contribution < 1.29 is 19.8 Å². The first kappa shape index (κ1) is 11.2. The third-order valence-corrected chi connectivity index (χ3v) is 2.74. The number of carbonyl (C=O) groups excluding carboxylic acids is 2. The maximum absolute atomic E-state index is 11.2. The van der Waals surface area contributed by atoms with Crippen LogP contribution in [-0.2, 0) is 9.59 Å². The summed E-state index contributed by atoms with van der Waals surface area (Å²) < 4.78 is 0. The van der Waals surface area contributed by atoms with Gasteiger partial charge in [-0.15, -0.1) is 11.8 Å². The van der Waals surface area contributed by atoms with Gasteiger partial charge >= 0.3 is 0 Å². The monoisotopic (exact) mass is 214 g/mol. The van der Waals surface area contributed by atoms with E-state index in [-0.39, 0.29) is 22.2 Å². The highest BCUT2D eigenvalue weighted by molar-refractivity contribution is 8.04. The Kier molecular flexibility index (Phi) is 3.25. The number of hydrogen-bond donors (Lipinski definition) is 2. The van der Waals surface area contributed by atoms with E-state index >= 15 is 0 Å². The molecule has 1 rings (SSSR count). The summed E-state index contributed by atoms with van der Waals surface area (Å²) in [5, 5.41) is 18.0. The summed E-state index contributed by atoms with van der Waals surface area (Å²) in [6.45, 7) is 1.21. The quantitative estimate of drug-likeness (QED) is 0.511. The van der Waals surface area contributed by atoms with Crippen molar-refractivity contribution in [1.82, 2.24) is 0 Å². The second kappa shape index (κ2) is 4.08. The molecule has 2 N–H and O–H groups in total. The van der Waals surface area contributed by atoms with Gasteiger partial charge in [0.2, 0.25) is 0 Å². The molecule has 0 aromatic rings. The molecule has 5 heteroatoms. The first-order valence-corrected chi connectivity index (χ1v) is 4.93. The molecule has 0 atom stereocenters. The van der Waals surface area contributed by atoms with Gasteiger partial charge in [0.1, 0.15) is 0 Å². The fourth-order valence-corrected chi connectivity index (χ4v) is 1.65. The van der Waals surface area contributed by atoms with Gasteiger partial charge in [-0.1, -0.05) is 0 Å². The lowest BCUT2D eigenvalue weighted by Gasteiger charge is -2.15. The van der Waals surface area contributed by atoms with Crippen molar-refractivity contribution in [3.63, 3.8) is 0 Å². The fraction of sp³-hybridized carbons (Fsp3) is 0.333. The van der Waals surface area contributed by atoms with Crippen molar-refractivity contribution in [2.75, 3.05) is 5.75 Å². The number of ketones is 2. The van der Waals surface area contributed by atoms with Gasteiger partial charge in [0.25, 0.3) is 0 Å². The average molecular weight is 214 g/mol. The molecule has 0 fully saturated rings. The first-order chi connectivity index (χ1) is 6.38. The Balaban J connectivity index is 2.61. The Morgan fingerprint density at radius 2 is 2.00 bits per heavy atom. The van der Waals surface area contributed by atoms with Crippen LogP contribution in [-0.4, -0.2) is 33.3 Å². The third-order valence-electron chi connectivity index (χ3n) is 1.42. The topological polar surface area (TPSA) is 74.6 Å². The number of carbonyl (C=O) groups is 2. The molecule has 0 radical (unpaired) electrons. The van der Waals surface area contributed by atoms with Gasteiger partial charge in [-0.25, -0.2) is 0 Å². The highest BCUT2D eigenvalue weighted by Gasteiger charge is 2.20. The molecule has 0 spiro atoms. The zero-order valence-electron chi connectivity index (χ0n) is 7.56. The summed E-state index contributed by atoms with van der Waals surface area (Å²) in [6, 6.07) is 0. The van der Waals surface area contributed by atoms with Gasteiger partial charge in [0.15, 0.2) is 17.4 Å². The van der Waals surface area contributed by atoms with Crippen molar-refractivity contribution >= 4 is 23.3 Å². The molecule has 1 aliphatic carbocycles. The van der Waals surface area contributed by atoms with E-state index in [4.69, 9.17) is 10.2 Å². The van der Waals surface area contributed by atoms with Gasteiger partial charge < -0.3 is 10.2 Å². The molecule has 0 amide bonds. The van der Waals surface area contributed by atoms with Gasteiger partial charge in [0.05, 0.1) is 10.7 Å². The molecule has 0 aromatic carbocycles. The van der Waals surface area contributed by atoms with E-state index in [0.29, 0.717) is 0 Å². The van der Waals surface area contributed by atoms with Crippen LogP contribution in [0.2, 0.25) is 0 Å². The number of aliphatic hydroxyl groups is 2. The summed E-state index contributed by atoms with van der Waals surface area (Å²) in [6.07, 6.45) is 3.55. The number of thioether (sulfide) groups is 1. The Hall–Kier alpha value is -0.910. The van der Waals surface area contributed by atoms with E-state index in [1.165, 1.54) is 25.2 Å². The number of rotatable bonds is 3. The molecule has 0 aromatic heterocycles. The maximum atomic E-state index is 11.2. The molecule has 0 unspecified atom stereocenters. The Morgan fingerprint density at radius 3 is 2.57 bits per heavy atom. The highest BCUT2D eigenvalue weighted by atomic mass is 32.2. The van der Waals surface area contributed by atoms with Gasteiger partial charge in [-0.05, 0) is 19.1 Å². The Labute approximate surface area is 85.3 Å². The van der Waals surface area contributed by atoms with Crippen molar-refractivity contribution in [2.24, 2.45) is 0 Å². The summed E-state index contributed by atoms with van der Waals surface area (Å²) in [5.74, 6) is -2.43. The van der Waals surface area contributed by atoms with E-state index in [0.717, 1.165) is 11.8 Å². The molecule has 0 aliphatic heterocycles. The summed E-state index contributed by atoms with van der Waals surface area (Å²) in [4.78, 5) is 22.3. The van der Waals surface area contributed by atoms with Crippen molar-refractivity contribution in [1.29, 1.82) is 0 Å². The van der Waals surface area contributed by atoms with Crippen molar-refractivity contribution in [3.05, 3.63) is 23.1 Å². The minimum absolute atomic E-state index is 0.0499. The minimum atomic E-state index is -1.84. The van der Waals surface area contributed by atoms with E-state index in [1.807, 2.05) is 0 Å². The largest absolute Gasteiger partial charge is 0.365 e. The third kappa shape index (κ3) is 3.45. The van der Waals surface area contributed by atoms with Crippen LogP contribution in [0.4, 0.5) is 0 Å². The number of allylic oxidation sites excluding steroid dienone is 4. The van der Waals surface area contributed by atoms with E-state index in [1.54, 1.807) is 0 Å². The highest BCUT2D eigenvalue weighted by Crippen LogP contribution is 2.23. The van der Waals surface area contributed by atoms with Crippen LogP contribution < -0.4 is 0 Å². The molecule has 0 saturated heterocycles. The molecule has 0 heterocycles. The molecular formula is C9H10O4S. The van der Waals surface area contributed by atoms with Crippen LogP contribution in [0.25, 0.3) is 0 Å². The molecule has 1 aliphatic rings. The molecule has 4 nitrogen and oxygen atoms in total. The minimum Gasteiger partial charge on any atom is -0.365 e. The van der Waals surface area contributed by atoms with Crippen LogP contribution in [0.3, 0.4) is 0 Å². The van der Waals surface area contributed by atoms with Gasteiger partial charge in [-0.2, -0.15) is 0 Å². The smallest absolute Gasteiger partial charge is 0.192 e. The predicted molar refractivity (Wildman–Crippen MR) is 52.5 cm³/mol. The van der Waals surface area contributed by atoms with Crippen LogP contribution in [0, 0.1) is 0 Å². The Morgan fingerprint density at radius 1 is 1.36 bits per heavy atom. The second-order valence-corrected chi connectivity index (χ2v) is 4.13. The standard InChI is InChI=1S/C9H10O4S/c1-9(12,13)5-14-8-4-6(10)2-3-7(8)11/h2-4,12-13H,5H2,1H3. The van der Waals surface area contributed by atoms with Crippen LogP contribution in [0.1, 0.15) is 6.92 Å². The summed E-state index contributed by atoms with van der Waals surface area (Å²) >= 11 is 0.956. The van der Waals surface area contributed by atoms with E-state index < -0.39 is 5.79 Å². The van der Waals surface area contributed by atoms with E-state index in [9.17, 15) is 9.59 Å². The zero-order valence-corrected chi connectivity index (χ0v) is 8.37. The molecule has 0 bridgehead atoms. The first-order valence-electron chi connectivity index (χ1n) is 3.94. The number of hydrogen-bond acceptors (Lipinski definition) is 5. The second-order valence-electron chi connectivity index (χ2n) is 3.11. The summed E-state index contributed by atoms with van der Waals surface area (Å²) in [5.41, 5.74) is 0. The average Bonchev–Trinajstić information content (AvgIpc) is 2.05. The lowest BCUT2D eigenvalue weighted by molar-refractivity contribution is -0.123. The fourth-order valence-electron chi connectivity index (χ4n) is 0.816. The Bertz CT molecular complexity index is 322. The lowest BCUT2D eigenvalue weighted by Crippen LogP contribution is -2.26. The van der Waals surface area contributed by atoms with Crippen LogP contribution in [0.5, 0.6) is 0 Å². The van der Waals surface area contributed by atoms with Crippen LogP contribution in [0.15, 0.2) is 23.1 Å². The molecular weight excluding hydrogens is 204 g/mol.